The lowest BCUT2D eigenvalue weighted by Crippen LogP contribution is -2.43. The van der Waals surface area contributed by atoms with E-state index in [1.165, 1.54) is 161 Å². The predicted octanol–water partition coefficient (Wildman–Crippen LogP) is 13.6. The van der Waals surface area contributed by atoms with Crippen LogP contribution in [0.5, 0.6) is 0 Å². The molecule has 0 aliphatic rings. The van der Waals surface area contributed by atoms with Crippen molar-refractivity contribution in [2.45, 2.75) is 264 Å². The van der Waals surface area contributed by atoms with Gasteiger partial charge in [-0.1, -0.05) is 212 Å². The maximum atomic E-state index is 12.3. The first-order valence-corrected chi connectivity index (χ1v) is 26.7. The second kappa shape index (κ2) is 44.8. The van der Waals surface area contributed by atoms with E-state index in [1.54, 1.807) is 0 Å². The van der Waals surface area contributed by atoms with Crippen LogP contribution in [0, 0.1) is 0 Å². The molecule has 0 aliphatic heterocycles. The molecule has 61 heavy (non-hydrogen) atoms. The van der Waals surface area contributed by atoms with E-state index >= 15 is 0 Å². The number of nitrogens with one attached hydrogen (secondary N) is 1. The maximum Gasteiger partial charge on any atom is 0.472 e. The monoisotopic (exact) mass is 888 g/mol. The molecule has 0 bridgehead atoms. The van der Waals surface area contributed by atoms with E-state index in [0.717, 1.165) is 51.4 Å². The van der Waals surface area contributed by atoms with E-state index in [2.05, 4.69) is 31.3 Å². The molecule has 0 heterocycles. The molecule has 4 N–H and O–H groups in total. The van der Waals surface area contributed by atoms with Crippen LogP contribution >= 0.6 is 7.82 Å². The number of aliphatic hydroxyl groups excluding tert-OH is 1. The van der Waals surface area contributed by atoms with Gasteiger partial charge in [0.1, 0.15) is 12.7 Å². The van der Waals surface area contributed by atoms with Gasteiger partial charge in [0, 0.05) is 12.8 Å². The Kier molecular flexibility index (Phi) is 43.5. The largest absolute Gasteiger partial charge is 0.480 e. The van der Waals surface area contributed by atoms with Gasteiger partial charge in [-0.2, -0.15) is 0 Å². The highest BCUT2D eigenvalue weighted by Gasteiger charge is 2.28. The highest BCUT2D eigenvalue weighted by Crippen LogP contribution is 2.43. The molecular formula is C49H94NO10P. The smallest absolute Gasteiger partial charge is 0.472 e. The number of phosphoric ester groups is 1. The molecule has 11 nitrogen and oxygen atoms in total. The van der Waals surface area contributed by atoms with Gasteiger partial charge < -0.3 is 25.2 Å². The minimum Gasteiger partial charge on any atom is -0.480 e. The van der Waals surface area contributed by atoms with Gasteiger partial charge in [0.15, 0.2) is 6.04 Å². The van der Waals surface area contributed by atoms with Crippen molar-refractivity contribution in [3.63, 3.8) is 0 Å². The summed E-state index contributed by atoms with van der Waals surface area (Å²) in [6.45, 7) is 2.63. The Labute approximate surface area is 373 Å². The summed E-state index contributed by atoms with van der Waals surface area (Å²) in [4.78, 5) is 46.1. The van der Waals surface area contributed by atoms with E-state index in [0.29, 0.717) is 12.8 Å². The Morgan fingerprint density at radius 1 is 0.508 bits per heavy atom. The molecule has 1 amide bonds. The number of hydrogen-bond donors (Lipinski definition) is 4. The summed E-state index contributed by atoms with van der Waals surface area (Å²) in [7, 11) is -4.76. The number of phosphoric acid groups is 1. The molecule has 0 radical (unpaired) electrons. The van der Waals surface area contributed by atoms with Crippen molar-refractivity contribution in [2.24, 2.45) is 0 Å². The van der Waals surface area contributed by atoms with Gasteiger partial charge in [-0.15, -0.1) is 0 Å². The van der Waals surface area contributed by atoms with Crippen molar-refractivity contribution in [3.8, 4) is 0 Å². The number of carboxylic acid groups (broad SMARTS) is 1. The van der Waals surface area contributed by atoms with Crippen molar-refractivity contribution in [1.29, 1.82) is 0 Å². The number of hydrogen-bond acceptors (Lipinski definition) is 8. The molecule has 0 aliphatic carbocycles. The summed E-state index contributed by atoms with van der Waals surface area (Å²) in [6, 6.07) is -1.55. The Hall–Kier alpha value is -1.78. The topological polar surface area (TPSA) is 169 Å². The van der Waals surface area contributed by atoms with Crippen molar-refractivity contribution in [2.75, 3.05) is 19.8 Å². The first-order valence-electron chi connectivity index (χ1n) is 25.2. The zero-order chi connectivity index (χ0) is 44.9. The van der Waals surface area contributed by atoms with Crippen molar-refractivity contribution >= 4 is 25.7 Å². The Balaban J connectivity index is 3.80. The Morgan fingerprint density at radius 2 is 0.852 bits per heavy atom. The number of ether oxygens (including phenoxy) is 1. The number of aliphatic hydroxyl groups is 1. The predicted molar refractivity (Wildman–Crippen MR) is 250 cm³/mol. The minimum absolute atomic E-state index is 0.144. The molecule has 12 heteroatoms. The molecule has 0 aromatic rings. The third-order valence-corrected chi connectivity index (χ3v) is 12.3. The highest BCUT2D eigenvalue weighted by molar-refractivity contribution is 7.47. The molecule has 0 saturated carbocycles. The number of esters is 1. The summed E-state index contributed by atoms with van der Waals surface area (Å²) in [6.07, 6.45) is 46.6. The SMILES string of the molecule is CCCCCCCC/C=C\CCCCCCCCCC(=O)NC(COP(=O)(O)OCC(O)COC(=O)CCCCCCCCCCCCCCCCCCCCCC)C(=O)O. The lowest BCUT2D eigenvalue weighted by atomic mass is 10.0. The number of carboxylic acids is 1. The summed E-state index contributed by atoms with van der Waals surface area (Å²) < 4.78 is 26.9. The van der Waals surface area contributed by atoms with E-state index in [9.17, 15) is 34.1 Å². The number of unbranched alkanes of at least 4 members (excludes halogenated alkanes) is 32. The van der Waals surface area contributed by atoms with Crippen LogP contribution in [0.3, 0.4) is 0 Å². The van der Waals surface area contributed by atoms with Gasteiger partial charge in [-0.05, 0) is 38.5 Å². The Bertz CT molecular complexity index is 1090. The van der Waals surface area contributed by atoms with E-state index in [1.807, 2.05) is 0 Å². The number of carbonyl (C=O) groups is 3. The summed E-state index contributed by atoms with van der Waals surface area (Å²) in [5.74, 6) is -2.36. The number of amides is 1. The van der Waals surface area contributed by atoms with Crippen LogP contribution in [0.25, 0.3) is 0 Å². The second-order valence-corrected chi connectivity index (χ2v) is 18.8. The van der Waals surface area contributed by atoms with Crippen LogP contribution < -0.4 is 5.32 Å². The van der Waals surface area contributed by atoms with Gasteiger partial charge in [0.05, 0.1) is 13.2 Å². The zero-order valence-corrected chi connectivity index (χ0v) is 40.1. The molecule has 0 spiro atoms. The summed E-state index contributed by atoms with van der Waals surface area (Å²) in [5.41, 5.74) is 0. The van der Waals surface area contributed by atoms with Gasteiger partial charge in [0.2, 0.25) is 5.91 Å². The molecule has 3 atom stereocenters. The van der Waals surface area contributed by atoms with E-state index in [4.69, 9.17) is 13.8 Å². The average Bonchev–Trinajstić information content (AvgIpc) is 3.24. The quantitative estimate of drug-likeness (QED) is 0.0200. The second-order valence-electron chi connectivity index (χ2n) is 17.4. The fourth-order valence-corrected chi connectivity index (χ4v) is 8.14. The van der Waals surface area contributed by atoms with Crippen LogP contribution in [0.15, 0.2) is 12.2 Å². The van der Waals surface area contributed by atoms with Crippen molar-refractivity contribution in [1.82, 2.24) is 5.32 Å². The molecule has 0 saturated heterocycles. The molecule has 0 aromatic heterocycles. The standard InChI is InChI=1S/C49H94NO10P/c1-3-5-7-9-11-13-15-17-19-21-22-23-25-27-29-31-33-35-37-39-41-48(53)58-42-45(51)43-59-61(56,57)60-44-46(49(54)55)50-47(52)40-38-36-34-32-30-28-26-24-20-18-16-14-12-10-8-6-4-2/h18,20,45-46,51H,3-17,19,21-44H2,1-2H3,(H,50,52)(H,54,55)(H,56,57)/b20-18-. The fourth-order valence-electron chi connectivity index (χ4n) is 7.37. The molecule has 3 unspecified atom stereocenters. The number of carbonyl (C=O) groups excluding carboxylic acids is 2. The first-order chi connectivity index (χ1) is 29.6. The van der Waals surface area contributed by atoms with E-state index < -0.39 is 57.6 Å². The Morgan fingerprint density at radius 3 is 1.25 bits per heavy atom. The summed E-state index contributed by atoms with van der Waals surface area (Å²) in [5, 5.41) is 21.9. The molecular weight excluding hydrogens is 794 g/mol. The number of rotatable bonds is 48. The minimum atomic E-state index is -4.76. The lowest BCUT2D eigenvalue weighted by molar-refractivity contribution is -0.147. The van der Waals surface area contributed by atoms with Crippen molar-refractivity contribution < 1.29 is 47.8 Å². The molecule has 0 rings (SSSR count). The molecule has 0 fully saturated rings. The van der Waals surface area contributed by atoms with E-state index in [-0.39, 0.29) is 12.8 Å². The van der Waals surface area contributed by atoms with Gasteiger partial charge in [-0.3, -0.25) is 18.6 Å². The zero-order valence-electron chi connectivity index (χ0n) is 39.2. The van der Waals surface area contributed by atoms with Gasteiger partial charge in [0.25, 0.3) is 0 Å². The number of allylic oxidation sites excluding steroid dienone is 2. The molecule has 360 valence electrons. The van der Waals surface area contributed by atoms with Crippen molar-refractivity contribution in [3.05, 3.63) is 12.2 Å². The summed E-state index contributed by atoms with van der Waals surface area (Å²) >= 11 is 0. The van der Waals surface area contributed by atoms with Crippen LogP contribution in [0.2, 0.25) is 0 Å². The van der Waals surface area contributed by atoms with Crippen LogP contribution in [0.4, 0.5) is 0 Å². The lowest BCUT2D eigenvalue weighted by Gasteiger charge is -2.18. The normalized spacial score (nSPS) is 13.6. The van der Waals surface area contributed by atoms with Crippen LogP contribution in [0.1, 0.15) is 251 Å². The maximum absolute atomic E-state index is 12.3. The number of aliphatic carboxylic acids is 1. The average molecular weight is 888 g/mol. The van der Waals surface area contributed by atoms with Gasteiger partial charge in [-0.25, -0.2) is 9.36 Å². The third-order valence-electron chi connectivity index (χ3n) is 11.3. The van der Waals surface area contributed by atoms with Gasteiger partial charge >= 0.3 is 19.8 Å². The fraction of sp³-hybridized carbons (Fsp3) is 0.898. The van der Waals surface area contributed by atoms with Crippen LogP contribution in [-0.4, -0.2) is 64.9 Å². The highest BCUT2D eigenvalue weighted by atomic mass is 31.2. The first kappa shape index (κ1) is 59.2. The molecule has 0 aromatic carbocycles. The van der Waals surface area contributed by atoms with Crippen LogP contribution in [-0.2, 0) is 32.7 Å². The third kappa shape index (κ3) is 44.6.